The van der Waals surface area contributed by atoms with Gasteiger partial charge in [-0.15, -0.1) is 0 Å². The van der Waals surface area contributed by atoms with Crippen molar-refractivity contribution in [1.29, 1.82) is 0 Å². The zero-order chi connectivity index (χ0) is 11.0. The van der Waals surface area contributed by atoms with Gasteiger partial charge in [0.25, 0.3) is 0 Å². The highest BCUT2D eigenvalue weighted by atomic mass is 35.5. The number of aryl methyl sites for hydroxylation is 2. The Balaban J connectivity index is 2.74. The lowest BCUT2D eigenvalue weighted by Gasteiger charge is -2.03. The van der Waals surface area contributed by atoms with Crippen LogP contribution in [0.15, 0.2) is 18.3 Å². The van der Waals surface area contributed by atoms with Gasteiger partial charge in [0.1, 0.15) is 0 Å². The predicted molar refractivity (Wildman–Crippen MR) is 65.4 cm³/mol. The summed E-state index contributed by atoms with van der Waals surface area (Å²) in [5.41, 5.74) is 3.70. The van der Waals surface area contributed by atoms with Crippen LogP contribution in [-0.2, 0) is 13.6 Å². The molecule has 0 saturated carbocycles. The van der Waals surface area contributed by atoms with Crippen LogP contribution >= 0.6 is 11.6 Å². The third-order valence-electron chi connectivity index (χ3n) is 2.78. The normalized spacial score (nSPS) is 11.2. The van der Waals surface area contributed by atoms with E-state index in [0.717, 1.165) is 17.1 Å². The van der Waals surface area contributed by atoms with Crippen molar-refractivity contribution in [3.8, 4) is 0 Å². The number of rotatable bonds is 2. The van der Waals surface area contributed by atoms with Crippen molar-refractivity contribution in [2.45, 2.75) is 13.5 Å². The third-order valence-corrected chi connectivity index (χ3v) is 3.19. The van der Waals surface area contributed by atoms with Crippen LogP contribution < -0.4 is 5.32 Å². The molecule has 0 saturated heterocycles. The molecule has 2 nitrogen and oxygen atoms in total. The van der Waals surface area contributed by atoms with Crippen LogP contribution in [0.4, 0.5) is 0 Å². The Morgan fingerprint density at radius 3 is 2.80 bits per heavy atom. The van der Waals surface area contributed by atoms with E-state index in [9.17, 15) is 0 Å². The number of nitrogens with one attached hydrogen (secondary N) is 1. The first-order valence-electron chi connectivity index (χ1n) is 5.02. The van der Waals surface area contributed by atoms with E-state index in [1.54, 1.807) is 0 Å². The first kappa shape index (κ1) is 10.5. The van der Waals surface area contributed by atoms with Gasteiger partial charge in [-0.2, -0.15) is 0 Å². The first-order valence-corrected chi connectivity index (χ1v) is 5.40. The quantitative estimate of drug-likeness (QED) is 0.827. The Labute approximate surface area is 94.8 Å². The van der Waals surface area contributed by atoms with Gasteiger partial charge in [0.15, 0.2) is 0 Å². The molecule has 1 aromatic heterocycles. The van der Waals surface area contributed by atoms with Crippen molar-refractivity contribution in [2.24, 2.45) is 7.05 Å². The molecule has 0 bridgehead atoms. The lowest BCUT2D eigenvalue weighted by molar-refractivity contribution is 0.815. The monoisotopic (exact) mass is 222 g/mol. The minimum Gasteiger partial charge on any atom is -0.350 e. The van der Waals surface area contributed by atoms with Crippen molar-refractivity contribution in [2.75, 3.05) is 7.05 Å². The molecule has 15 heavy (non-hydrogen) atoms. The summed E-state index contributed by atoms with van der Waals surface area (Å²) in [5.74, 6) is 0. The molecular formula is C12H15ClN2. The highest BCUT2D eigenvalue weighted by Crippen LogP contribution is 2.28. The van der Waals surface area contributed by atoms with Gasteiger partial charge in [-0.1, -0.05) is 17.7 Å². The zero-order valence-corrected chi connectivity index (χ0v) is 10.0. The van der Waals surface area contributed by atoms with E-state index in [1.807, 2.05) is 13.1 Å². The maximum atomic E-state index is 6.12. The summed E-state index contributed by atoms with van der Waals surface area (Å²) < 4.78 is 2.14. The average molecular weight is 223 g/mol. The second kappa shape index (κ2) is 3.87. The Morgan fingerprint density at radius 2 is 2.13 bits per heavy atom. The smallest absolute Gasteiger partial charge is 0.0525 e. The average Bonchev–Trinajstić information content (AvgIpc) is 2.51. The summed E-state index contributed by atoms with van der Waals surface area (Å²) in [4.78, 5) is 0. The molecule has 2 aromatic rings. The Hall–Kier alpha value is -0.990. The van der Waals surface area contributed by atoms with Gasteiger partial charge in [-0.3, -0.25) is 0 Å². The van der Waals surface area contributed by atoms with Crippen molar-refractivity contribution in [3.63, 3.8) is 0 Å². The molecule has 1 N–H and O–H groups in total. The van der Waals surface area contributed by atoms with Crippen LogP contribution in [0, 0.1) is 6.92 Å². The van der Waals surface area contributed by atoms with Gasteiger partial charge in [-0.25, -0.2) is 0 Å². The topological polar surface area (TPSA) is 17.0 Å². The maximum Gasteiger partial charge on any atom is 0.0525 e. The first-order chi connectivity index (χ1) is 7.15. The van der Waals surface area contributed by atoms with Crippen LogP contribution in [0.3, 0.4) is 0 Å². The second-order valence-corrected chi connectivity index (χ2v) is 4.27. The highest BCUT2D eigenvalue weighted by Gasteiger charge is 2.09. The van der Waals surface area contributed by atoms with Gasteiger partial charge in [-0.05, 0) is 31.2 Å². The van der Waals surface area contributed by atoms with Crippen LogP contribution in [0.5, 0.6) is 0 Å². The van der Waals surface area contributed by atoms with Crippen molar-refractivity contribution in [3.05, 3.63) is 34.5 Å². The van der Waals surface area contributed by atoms with Gasteiger partial charge >= 0.3 is 0 Å². The Bertz CT molecular complexity index is 500. The van der Waals surface area contributed by atoms with Crippen molar-refractivity contribution >= 4 is 22.5 Å². The highest BCUT2D eigenvalue weighted by molar-refractivity contribution is 6.32. The number of hydrogen-bond donors (Lipinski definition) is 1. The van der Waals surface area contributed by atoms with Crippen LogP contribution in [0.25, 0.3) is 10.9 Å². The molecule has 1 aromatic carbocycles. The minimum atomic E-state index is 0.833. The molecule has 0 spiro atoms. The van der Waals surface area contributed by atoms with E-state index in [4.69, 9.17) is 11.6 Å². The molecule has 0 amide bonds. The molecule has 0 fully saturated rings. The number of nitrogens with zero attached hydrogens (tertiary/aromatic N) is 1. The Morgan fingerprint density at radius 1 is 1.40 bits per heavy atom. The fourth-order valence-electron chi connectivity index (χ4n) is 2.09. The second-order valence-electron chi connectivity index (χ2n) is 3.86. The fourth-order valence-corrected chi connectivity index (χ4v) is 2.24. The SMILES string of the molecule is CNCc1cn(C)c2c(C)c(Cl)ccc12. The molecular weight excluding hydrogens is 208 g/mol. The number of benzene rings is 1. The summed E-state index contributed by atoms with van der Waals surface area (Å²) in [6.45, 7) is 2.95. The van der Waals surface area contributed by atoms with E-state index in [-0.39, 0.29) is 0 Å². The van der Waals surface area contributed by atoms with E-state index >= 15 is 0 Å². The molecule has 0 aliphatic carbocycles. The standard InChI is InChI=1S/C12H15ClN2/c1-8-11(13)5-4-10-9(6-14-2)7-15(3)12(8)10/h4-5,7,14H,6H2,1-3H3. The van der Waals surface area contributed by atoms with Crippen molar-refractivity contribution < 1.29 is 0 Å². The van der Waals surface area contributed by atoms with Gasteiger partial charge in [0, 0.05) is 30.2 Å². The molecule has 3 heteroatoms. The lowest BCUT2D eigenvalue weighted by Crippen LogP contribution is -2.04. The molecule has 80 valence electrons. The zero-order valence-electron chi connectivity index (χ0n) is 9.26. The summed E-state index contributed by atoms with van der Waals surface area (Å²) in [6, 6.07) is 4.07. The molecule has 2 rings (SSSR count). The van der Waals surface area contributed by atoms with Crippen LogP contribution in [-0.4, -0.2) is 11.6 Å². The number of fused-ring (bicyclic) bond motifs is 1. The van der Waals surface area contributed by atoms with Gasteiger partial charge in [0.05, 0.1) is 5.52 Å². The maximum absolute atomic E-state index is 6.12. The van der Waals surface area contributed by atoms with E-state index in [0.29, 0.717) is 0 Å². The largest absolute Gasteiger partial charge is 0.350 e. The molecule has 0 atom stereocenters. The summed E-state index contributed by atoms with van der Waals surface area (Å²) in [7, 11) is 4.02. The summed E-state index contributed by atoms with van der Waals surface area (Å²) in [5, 5.41) is 5.30. The van der Waals surface area contributed by atoms with Gasteiger partial charge in [0.2, 0.25) is 0 Å². The number of aromatic nitrogens is 1. The fraction of sp³-hybridized carbons (Fsp3) is 0.333. The third kappa shape index (κ3) is 1.64. The van der Waals surface area contributed by atoms with Crippen molar-refractivity contribution in [1.82, 2.24) is 9.88 Å². The lowest BCUT2D eigenvalue weighted by atomic mass is 10.1. The Kier molecular flexibility index (Phi) is 2.72. The molecule has 0 unspecified atom stereocenters. The molecule has 0 aliphatic rings. The van der Waals surface area contributed by atoms with E-state index < -0.39 is 0 Å². The molecule has 1 heterocycles. The summed E-state index contributed by atoms with van der Waals surface area (Å²) >= 11 is 6.12. The molecule has 0 aliphatic heterocycles. The van der Waals surface area contributed by atoms with E-state index in [1.165, 1.54) is 16.5 Å². The van der Waals surface area contributed by atoms with E-state index in [2.05, 4.69) is 36.1 Å². The van der Waals surface area contributed by atoms with Gasteiger partial charge < -0.3 is 9.88 Å². The predicted octanol–water partition coefficient (Wildman–Crippen LogP) is 2.86. The van der Waals surface area contributed by atoms with Crippen LogP contribution in [0.1, 0.15) is 11.1 Å². The molecule has 0 radical (unpaired) electrons. The van der Waals surface area contributed by atoms with Crippen LogP contribution in [0.2, 0.25) is 5.02 Å². The minimum absolute atomic E-state index is 0.833. The number of hydrogen-bond acceptors (Lipinski definition) is 1. The number of halogens is 1. The summed E-state index contributed by atoms with van der Waals surface area (Å²) in [6.07, 6.45) is 2.16.